The predicted molar refractivity (Wildman–Crippen MR) is 220 cm³/mol. The van der Waals surface area contributed by atoms with Gasteiger partial charge in [-0.3, -0.25) is 4.79 Å². The fourth-order valence-corrected chi connectivity index (χ4v) is 10.1. The second-order valence-electron chi connectivity index (χ2n) is 20.1. The molecule has 4 rings (SSSR count). The van der Waals surface area contributed by atoms with Gasteiger partial charge in [-0.2, -0.15) is 0 Å². The molecule has 298 valence electrons. The van der Waals surface area contributed by atoms with Crippen molar-refractivity contribution in [1.29, 1.82) is 0 Å². The van der Waals surface area contributed by atoms with E-state index in [0.29, 0.717) is 6.42 Å². The summed E-state index contributed by atoms with van der Waals surface area (Å²) in [7, 11) is 6.62. The summed E-state index contributed by atoms with van der Waals surface area (Å²) in [6, 6.07) is 0. The van der Waals surface area contributed by atoms with Crippen LogP contribution in [0.4, 0.5) is 0 Å². The van der Waals surface area contributed by atoms with Gasteiger partial charge in [0.25, 0.3) is 0 Å². The fourth-order valence-electron chi connectivity index (χ4n) is 10.1. The summed E-state index contributed by atoms with van der Waals surface area (Å²) >= 11 is 0. The average molecular weight is 713 g/mol. The number of carbonyl (C=O) groups excluding carboxylic acids is 1. The van der Waals surface area contributed by atoms with Crippen LogP contribution in [0.5, 0.6) is 0 Å². The molecular weight excluding hydrogens is 623 g/mol. The number of rotatable bonds is 35. The first-order chi connectivity index (χ1) is 24.8. The van der Waals surface area contributed by atoms with Gasteiger partial charge in [0, 0.05) is 6.42 Å². The molecule has 4 saturated carbocycles. The predicted octanol–water partition coefficient (Wildman–Crippen LogP) is 14.1. The number of esters is 1. The Morgan fingerprint density at radius 1 is 0.490 bits per heavy atom. The molecule has 0 saturated heterocycles. The van der Waals surface area contributed by atoms with Crippen LogP contribution in [0.3, 0.4) is 0 Å². The number of unbranched alkanes of at least 4 members (excludes halogenated alkanes) is 14. The number of ether oxygens (including phenoxy) is 1. The Hall–Kier alpha value is -0.570. The van der Waals surface area contributed by atoms with E-state index in [1.807, 2.05) is 0 Å². The molecule has 0 amide bonds. The molecule has 51 heavy (non-hydrogen) atoms. The topological polar surface area (TPSA) is 26.3 Å². The van der Waals surface area contributed by atoms with Gasteiger partial charge in [-0.05, 0) is 112 Å². The summed E-state index contributed by atoms with van der Waals surface area (Å²) < 4.78 is 7.04. The van der Waals surface area contributed by atoms with Crippen LogP contribution >= 0.6 is 0 Å². The first-order valence-electron chi connectivity index (χ1n) is 23.8. The minimum Gasteiger partial charge on any atom is -0.462 e. The van der Waals surface area contributed by atoms with Crippen molar-refractivity contribution < 1.29 is 14.0 Å². The quantitative estimate of drug-likeness (QED) is 0.0371. The Morgan fingerprint density at radius 2 is 0.843 bits per heavy atom. The minimum atomic E-state index is 0.0487. The highest BCUT2D eigenvalue weighted by molar-refractivity contribution is 5.69. The van der Waals surface area contributed by atoms with Gasteiger partial charge in [-0.15, -0.1) is 0 Å². The minimum absolute atomic E-state index is 0.0487. The lowest BCUT2D eigenvalue weighted by Gasteiger charge is -2.24. The molecule has 3 nitrogen and oxygen atoms in total. The van der Waals surface area contributed by atoms with Gasteiger partial charge in [-0.25, -0.2) is 0 Å². The molecule has 0 aromatic carbocycles. The maximum absolute atomic E-state index is 12.8. The summed E-state index contributed by atoms with van der Waals surface area (Å²) in [6.07, 6.45) is 44.2. The van der Waals surface area contributed by atoms with Crippen LogP contribution in [0.25, 0.3) is 0 Å². The van der Waals surface area contributed by atoms with Crippen molar-refractivity contribution in [2.75, 3.05) is 27.7 Å². The fraction of sp³-hybridized carbons (Fsp3) is 0.979. The summed E-state index contributed by atoms with van der Waals surface area (Å²) in [5.74, 6) is 8.86. The van der Waals surface area contributed by atoms with Crippen molar-refractivity contribution in [2.24, 2.45) is 47.3 Å². The van der Waals surface area contributed by atoms with Crippen molar-refractivity contribution in [2.45, 2.75) is 225 Å². The zero-order chi connectivity index (χ0) is 36.3. The Labute approximate surface area is 319 Å². The summed E-state index contributed by atoms with van der Waals surface area (Å²) in [4.78, 5) is 12.8. The van der Waals surface area contributed by atoms with E-state index in [4.69, 9.17) is 4.74 Å². The lowest BCUT2D eigenvalue weighted by Crippen LogP contribution is -2.35. The van der Waals surface area contributed by atoms with E-state index in [0.717, 1.165) is 77.6 Å². The van der Waals surface area contributed by atoms with Crippen LogP contribution < -0.4 is 0 Å². The summed E-state index contributed by atoms with van der Waals surface area (Å²) in [5, 5.41) is 0. The third-order valence-electron chi connectivity index (χ3n) is 14.1. The van der Waals surface area contributed by atoms with E-state index in [1.165, 1.54) is 141 Å². The van der Waals surface area contributed by atoms with Crippen molar-refractivity contribution >= 4 is 5.97 Å². The standard InChI is InChI=1S/C48H90NO2/c1-6-8-18-25-39-33-43(39)37-45-35-41(45)27-20-14-10-12-16-22-29-47(51-48(50)31-24-32-49(3,4)5)30-23-17-13-11-15-21-28-42-36-46(42)38-44-34-40(44)26-19-9-7-2/h39-47H,6-38H2,1-5H3/q+1. The maximum Gasteiger partial charge on any atom is 0.306 e. The number of carbonyl (C=O) groups is 1. The van der Waals surface area contributed by atoms with Gasteiger partial charge in [0.1, 0.15) is 6.10 Å². The van der Waals surface area contributed by atoms with Crippen LogP contribution in [0.1, 0.15) is 219 Å². The molecule has 0 N–H and O–H groups in total. The van der Waals surface area contributed by atoms with Crippen LogP contribution in [-0.2, 0) is 9.53 Å². The van der Waals surface area contributed by atoms with Crippen molar-refractivity contribution in [3.8, 4) is 0 Å². The largest absolute Gasteiger partial charge is 0.462 e. The summed E-state index contributed by atoms with van der Waals surface area (Å²) in [5.41, 5.74) is 0. The smallest absolute Gasteiger partial charge is 0.306 e. The molecule has 3 heteroatoms. The third kappa shape index (κ3) is 20.1. The van der Waals surface area contributed by atoms with Gasteiger partial charge in [0.05, 0.1) is 34.1 Å². The van der Waals surface area contributed by atoms with E-state index in [9.17, 15) is 4.79 Å². The second-order valence-corrected chi connectivity index (χ2v) is 20.1. The highest BCUT2D eigenvalue weighted by atomic mass is 16.5. The Bertz CT molecular complexity index is 853. The van der Waals surface area contributed by atoms with E-state index in [-0.39, 0.29) is 12.1 Å². The second kappa shape index (κ2) is 24.1. The van der Waals surface area contributed by atoms with Crippen molar-refractivity contribution in [3.05, 3.63) is 0 Å². The maximum atomic E-state index is 12.8. The Kier molecular flexibility index (Phi) is 20.4. The lowest BCUT2D eigenvalue weighted by atomic mass is 10.0. The lowest BCUT2D eigenvalue weighted by molar-refractivity contribution is -0.870. The number of quaternary nitrogens is 1. The number of nitrogens with zero attached hydrogens (tertiary/aromatic N) is 1. The van der Waals surface area contributed by atoms with E-state index in [1.54, 1.807) is 38.5 Å². The average Bonchev–Trinajstić information content (AvgIpc) is 3.91. The number of hydrogen-bond donors (Lipinski definition) is 0. The molecule has 4 fully saturated rings. The number of hydrogen-bond acceptors (Lipinski definition) is 2. The monoisotopic (exact) mass is 713 g/mol. The zero-order valence-electron chi connectivity index (χ0n) is 35.3. The first-order valence-corrected chi connectivity index (χ1v) is 23.8. The van der Waals surface area contributed by atoms with Gasteiger partial charge >= 0.3 is 5.97 Å². The molecule has 8 unspecified atom stereocenters. The highest BCUT2D eigenvalue weighted by Gasteiger charge is 2.45. The zero-order valence-corrected chi connectivity index (χ0v) is 35.3. The molecular formula is C48H90NO2+. The van der Waals surface area contributed by atoms with Gasteiger partial charge in [0.2, 0.25) is 0 Å². The van der Waals surface area contributed by atoms with Crippen LogP contribution in [0, 0.1) is 47.3 Å². The molecule has 4 aliphatic carbocycles. The van der Waals surface area contributed by atoms with Crippen LogP contribution in [-0.4, -0.2) is 44.2 Å². The summed E-state index contributed by atoms with van der Waals surface area (Å²) in [6.45, 7) is 5.69. The normalized spacial score (nSPS) is 28.5. The van der Waals surface area contributed by atoms with Crippen LogP contribution in [0.15, 0.2) is 0 Å². The van der Waals surface area contributed by atoms with Crippen molar-refractivity contribution in [1.82, 2.24) is 0 Å². The molecule has 0 heterocycles. The van der Waals surface area contributed by atoms with Crippen LogP contribution in [0.2, 0.25) is 0 Å². The van der Waals surface area contributed by atoms with E-state index in [2.05, 4.69) is 35.0 Å². The molecule has 0 bridgehead atoms. The third-order valence-corrected chi connectivity index (χ3v) is 14.1. The molecule has 0 aromatic rings. The van der Waals surface area contributed by atoms with Crippen molar-refractivity contribution in [3.63, 3.8) is 0 Å². The van der Waals surface area contributed by atoms with Gasteiger partial charge in [0.15, 0.2) is 0 Å². The molecule has 8 atom stereocenters. The first kappa shape index (κ1) is 43.2. The van der Waals surface area contributed by atoms with Gasteiger partial charge in [-0.1, -0.05) is 142 Å². The Balaban J connectivity index is 0.966. The SMILES string of the molecule is CCCCCC1CC1CC1CC1CCCCCCCCC(CCCCCCCCC1CC1CC1CC1CCCCC)OC(=O)CCC[N+](C)(C)C. The van der Waals surface area contributed by atoms with E-state index >= 15 is 0 Å². The highest BCUT2D eigenvalue weighted by Crippen LogP contribution is 2.55. The van der Waals surface area contributed by atoms with Gasteiger partial charge < -0.3 is 9.22 Å². The molecule has 0 radical (unpaired) electrons. The molecule has 0 aliphatic heterocycles. The molecule has 0 aromatic heterocycles. The Morgan fingerprint density at radius 3 is 1.22 bits per heavy atom. The molecule has 0 spiro atoms. The van der Waals surface area contributed by atoms with E-state index < -0.39 is 0 Å². The molecule has 4 aliphatic rings.